The van der Waals surface area contributed by atoms with E-state index in [1.807, 2.05) is 13.1 Å². The Hall–Kier alpha value is -3.59. The number of ether oxygens (including phenoxy) is 4. The molecule has 0 unspecified atom stereocenters. The Labute approximate surface area is 300 Å². The Kier molecular flexibility index (Phi) is 12.4. The first-order chi connectivity index (χ1) is 24.4. The predicted octanol–water partition coefficient (Wildman–Crippen LogP) is 7.37. The third-order valence-electron chi connectivity index (χ3n) is 11.3. The quantitative estimate of drug-likeness (QED) is 0.165. The Morgan fingerprint density at radius 3 is 2.18 bits per heavy atom. The van der Waals surface area contributed by atoms with E-state index in [1.54, 1.807) is 21.3 Å². The van der Waals surface area contributed by atoms with Gasteiger partial charge in [0, 0.05) is 62.6 Å². The minimum absolute atomic E-state index is 0.401. The molecule has 0 radical (unpaired) electrons. The minimum Gasteiger partial charge on any atom is -0.496 e. The topological polar surface area (TPSA) is 59.5 Å². The summed E-state index contributed by atoms with van der Waals surface area (Å²) in [5.41, 5.74) is 7.77. The number of nitrogens with zero attached hydrogens (tertiary/aromatic N) is 4. The number of rotatable bonds is 15. The van der Waals surface area contributed by atoms with Gasteiger partial charge >= 0.3 is 0 Å². The van der Waals surface area contributed by atoms with Crippen molar-refractivity contribution < 1.29 is 18.9 Å². The van der Waals surface area contributed by atoms with Crippen LogP contribution in [0.2, 0.25) is 0 Å². The van der Waals surface area contributed by atoms with Crippen LogP contribution in [-0.4, -0.2) is 92.9 Å². The molecule has 2 saturated heterocycles. The Morgan fingerprint density at radius 2 is 1.54 bits per heavy atom. The Balaban J connectivity index is 1.04. The van der Waals surface area contributed by atoms with E-state index in [2.05, 4.69) is 69.6 Å². The van der Waals surface area contributed by atoms with Crippen LogP contribution in [0.15, 0.2) is 49.2 Å². The maximum Gasteiger partial charge on any atom is 0.133 e. The Bertz CT molecular complexity index is 1590. The fourth-order valence-electron chi connectivity index (χ4n) is 8.15. The zero-order chi connectivity index (χ0) is 35.0. The maximum atomic E-state index is 6.46. The largest absolute Gasteiger partial charge is 0.496 e. The third-order valence-corrected chi connectivity index (χ3v) is 11.3. The SMILES string of the molecule is C=C(C)c1c(OCc2cc(C3CCN(Cc4ccc(OC)c(CC)c4OC)CC3)ccn2)ccc(CCN2CCN(C3CCC3)CC2)c1OC. The summed E-state index contributed by atoms with van der Waals surface area (Å²) < 4.78 is 23.9. The smallest absolute Gasteiger partial charge is 0.133 e. The van der Waals surface area contributed by atoms with Crippen molar-refractivity contribution in [2.75, 3.05) is 67.1 Å². The highest BCUT2D eigenvalue weighted by molar-refractivity contribution is 5.74. The van der Waals surface area contributed by atoms with Crippen molar-refractivity contribution >= 4 is 5.57 Å². The van der Waals surface area contributed by atoms with Gasteiger partial charge in [-0.15, -0.1) is 0 Å². The van der Waals surface area contributed by atoms with Gasteiger partial charge in [-0.05, 0) is 105 Å². The van der Waals surface area contributed by atoms with Crippen molar-refractivity contribution in [1.29, 1.82) is 0 Å². The summed E-state index contributed by atoms with van der Waals surface area (Å²) in [6.45, 7) is 17.6. The fourth-order valence-corrected chi connectivity index (χ4v) is 8.15. The monoisotopic (exact) mass is 682 g/mol. The normalized spacial score (nSPS) is 18.1. The highest BCUT2D eigenvalue weighted by Crippen LogP contribution is 2.39. The molecule has 1 aromatic heterocycles. The first-order valence-electron chi connectivity index (χ1n) is 18.8. The van der Waals surface area contributed by atoms with Gasteiger partial charge in [-0.1, -0.05) is 32.1 Å². The van der Waals surface area contributed by atoms with E-state index < -0.39 is 0 Å². The molecular weight excluding hydrogens is 624 g/mol. The van der Waals surface area contributed by atoms with Crippen molar-refractivity contribution in [2.24, 2.45) is 0 Å². The predicted molar refractivity (Wildman–Crippen MR) is 202 cm³/mol. The number of aromatic nitrogens is 1. The number of benzene rings is 2. The number of hydrogen-bond acceptors (Lipinski definition) is 8. The molecule has 1 aliphatic carbocycles. The van der Waals surface area contributed by atoms with Crippen molar-refractivity contribution in [3.63, 3.8) is 0 Å². The average molecular weight is 683 g/mol. The van der Waals surface area contributed by atoms with Crippen molar-refractivity contribution in [1.82, 2.24) is 19.7 Å². The molecule has 8 heteroatoms. The van der Waals surface area contributed by atoms with E-state index in [0.717, 1.165) is 116 Å². The zero-order valence-corrected chi connectivity index (χ0v) is 31.1. The lowest BCUT2D eigenvalue weighted by Crippen LogP contribution is -2.52. The van der Waals surface area contributed by atoms with Gasteiger partial charge in [0.15, 0.2) is 0 Å². The van der Waals surface area contributed by atoms with Crippen LogP contribution in [0.5, 0.6) is 23.0 Å². The summed E-state index contributed by atoms with van der Waals surface area (Å²) in [4.78, 5) is 12.5. The van der Waals surface area contributed by atoms with Gasteiger partial charge in [0.25, 0.3) is 0 Å². The molecule has 1 saturated carbocycles. The first kappa shape index (κ1) is 36.2. The summed E-state index contributed by atoms with van der Waals surface area (Å²) in [6, 6.07) is 13.7. The number of pyridine rings is 1. The van der Waals surface area contributed by atoms with Crippen molar-refractivity contribution in [3.05, 3.63) is 82.7 Å². The van der Waals surface area contributed by atoms with Gasteiger partial charge in [0.05, 0.1) is 32.6 Å². The number of allylic oxidation sites excluding steroid dienone is 1. The molecular formula is C42H58N4O4. The van der Waals surface area contributed by atoms with E-state index in [0.29, 0.717) is 12.5 Å². The molecule has 50 heavy (non-hydrogen) atoms. The molecule has 0 N–H and O–H groups in total. The zero-order valence-electron chi connectivity index (χ0n) is 31.1. The van der Waals surface area contributed by atoms with Gasteiger partial charge < -0.3 is 23.8 Å². The van der Waals surface area contributed by atoms with Crippen molar-refractivity contribution in [3.8, 4) is 23.0 Å². The molecule has 8 nitrogen and oxygen atoms in total. The number of likely N-dealkylation sites (tertiary alicyclic amines) is 1. The lowest BCUT2D eigenvalue weighted by Gasteiger charge is -2.43. The second-order valence-corrected chi connectivity index (χ2v) is 14.3. The van der Waals surface area contributed by atoms with Gasteiger partial charge in [-0.3, -0.25) is 14.8 Å². The van der Waals surface area contributed by atoms with Crippen LogP contribution in [0.3, 0.4) is 0 Å². The van der Waals surface area contributed by atoms with Crippen LogP contribution in [0.4, 0.5) is 0 Å². The fraction of sp³-hybridized carbons (Fsp3) is 0.548. The summed E-state index contributed by atoms with van der Waals surface area (Å²) >= 11 is 0. The molecule has 6 rings (SSSR count). The lowest BCUT2D eigenvalue weighted by molar-refractivity contribution is 0.0622. The second kappa shape index (κ2) is 17.1. The van der Waals surface area contributed by atoms with Gasteiger partial charge in [0.1, 0.15) is 29.6 Å². The second-order valence-electron chi connectivity index (χ2n) is 14.3. The molecule has 3 aromatic rings. The highest BCUT2D eigenvalue weighted by Gasteiger charge is 2.28. The van der Waals surface area contributed by atoms with E-state index in [1.165, 1.54) is 49.0 Å². The summed E-state index contributed by atoms with van der Waals surface area (Å²) in [5, 5.41) is 0. The van der Waals surface area contributed by atoms with Gasteiger partial charge in [-0.2, -0.15) is 0 Å². The van der Waals surface area contributed by atoms with Gasteiger partial charge in [-0.25, -0.2) is 0 Å². The van der Waals surface area contributed by atoms with Crippen LogP contribution in [-0.2, 0) is 26.0 Å². The third kappa shape index (κ3) is 8.30. The molecule has 270 valence electrons. The minimum atomic E-state index is 0.401. The van der Waals surface area contributed by atoms with E-state index >= 15 is 0 Å². The molecule has 0 bridgehead atoms. The summed E-state index contributed by atoms with van der Waals surface area (Å²) in [6.07, 6.45) is 10.2. The van der Waals surface area contributed by atoms with Gasteiger partial charge in [0.2, 0.25) is 0 Å². The maximum absolute atomic E-state index is 6.46. The van der Waals surface area contributed by atoms with Crippen LogP contribution >= 0.6 is 0 Å². The van der Waals surface area contributed by atoms with Crippen LogP contribution in [0.25, 0.3) is 5.57 Å². The molecule has 0 amide bonds. The summed E-state index contributed by atoms with van der Waals surface area (Å²) in [7, 11) is 5.25. The molecule has 3 aliphatic rings. The highest BCUT2D eigenvalue weighted by atomic mass is 16.5. The molecule has 3 fully saturated rings. The molecule has 0 spiro atoms. The van der Waals surface area contributed by atoms with E-state index in [9.17, 15) is 0 Å². The standard InChI is InChI=1S/C42H58N4O4/c1-7-37-38(47-4)13-12-34(41(37)48-5)28-45-21-16-31(17-22-45)33-15-19-43-35(27-33)29-50-39-14-11-32(42(49-6)40(39)30(2)3)18-20-44-23-25-46(26-24-44)36-9-8-10-36/h11-15,19,27,31,36H,2,7-10,16-18,20-26,28-29H2,1,3-6H3. The van der Waals surface area contributed by atoms with E-state index in [4.69, 9.17) is 18.9 Å². The molecule has 0 atom stereocenters. The van der Waals surface area contributed by atoms with Crippen molar-refractivity contribution in [2.45, 2.75) is 83.9 Å². The number of piperazine rings is 1. The number of hydrogen-bond donors (Lipinski definition) is 0. The lowest BCUT2D eigenvalue weighted by atomic mass is 9.89. The Morgan fingerprint density at radius 1 is 0.820 bits per heavy atom. The summed E-state index contributed by atoms with van der Waals surface area (Å²) in [5.74, 6) is 4.05. The average Bonchev–Trinajstić information content (AvgIpc) is 3.12. The van der Waals surface area contributed by atoms with Crippen LogP contribution in [0, 0.1) is 0 Å². The molecule has 2 aromatic carbocycles. The first-order valence-corrected chi connectivity index (χ1v) is 18.8. The number of methoxy groups -OCH3 is 3. The van der Waals surface area contributed by atoms with E-state index in [-0.39, 0.29) is 0 Å². The van der Waals surface area contributed by atoms with Crippen LogP contribution < -0.4 is 18.9 Å². The number of piperidine rings is 1. The van der Waals surface area contributed by atoms with Crippen LogP contribution in [0.1, 0.15) is 85.4 Å². The molecule has 3 heterocycles. The molecule has 2 aliphatic heterocycles.